The largest absolute Gasteiger partial charge is 0.311 e. The minimum absolute atomic E-state index is 0.0277. The van der Waals surface area contributed by atoms with E-state index < -0.39 is 0 Å². The smallest absolute Gasteiger partial charge is 0.252 e. The number of benzene rings is 8. The van der Waals surface area contributed by atoms with Crippen LogP contribution in [-0.2, 0) is 0 Å². The average molecular weight is 688 g/mol. The molecule has 2 aliphatic heterocycles. The number of hydrogen-bond acceptors (Lipinski definition) is 3. The van der Waals surface area contributed by atoms with Crippen LogP contribution in [0.25, 0.3) is 33.4 Å². The van der Waals surface area contributed by atoms with E-state index in [-0.39, 0.29) is 6.71 Å². The Morgan fingerprint density at radius 1 is 0.426 bits per heavy atom. The normalized spacial score (nSPS) is 12.4. The van der Waals surface area contributed by atoms with Gasteiger partial charge in [-0.05, 0) is 117 Å². The average Bonchev–Trinajstić information content (AvgIpc) is 3.24. The lowest BCUT2D eigenvalue weighted by Gasteiger charge is -2.44. The van der Waals surface area contributed by atoms with Crippen LogP contribution in [0.4, 0.5) is 34.1 Å². The molecule has 4 heteroatoms. The Morgan fingerprint density at radius 2 is 0.926 bits per heavy atom. The summed E-state index contributed by atoms with van der Waals surface area (Å²) < 4.78 is 0. The number of rotatable bonds is 5. The van der Waals surface area contributed by atoms with Crippen LogP contribution in [0.1, 0.15) is 11.1 Å². The summed E-state index contributed by atoms with van der Waals surface area (Å²) >= 11 is 0. The monoisotopic (exact) mass is 687 g/mol. The van der Waals surface area contributed by atoms with Gasteiger partial charge in [0.05, 0.1) is 17.3 Å². The second-order valence-corrected chi connectivity index (χ2v) is 14.1. The summed E-state index contributed by atoms with van der Waals surface area (Å²) in [4.78, 5) is 4.92. The van der Waals surface area contributed by atoms with Crippen molar-refractivity contribution < 1.29 is 0 Å². The van der Waals surface area contributed by atoms with Crippen LogP contribution in [-0.4, -0.2) is 6.71 Å². The summed E-state index contributed by atoms with van der Waals surface area (Å²) in [5, 5.41) is 10.0. The first-order valence-electron chi connectivity index (χ1n) is 18.4. The Balaban J connectivity index is 1.27. The van der Waals surface area contributed by atoms with Crippen molar-refractivity contribution in [3.8, 4) is 39.4 Å². The van der Waals surface area contributed by atoms with E-state index in [4.69, 9.17) is 0 Å². The summed E-state index contributed by atoms with van der Waals surface area (Å²) in [5.41, 5.74) is 19.2. The molecular weight excluding hydrogens is 653 g/mol. The van der Waals surface area contributed by atoms with Gasteiger partial charge in [-0.2, -0.15) is 5.26 Å². The van der Waals surface area contributed by atoms with Crippen LogP contribution < -0.4 is 26.2 Å². The highest BCUT2D eigenvalue weighted by molar-refractivity contribution is 7.00. The van der Waals surface area contributed by atoms with Crippen molar-refractivity contribution in [3.05, 3.63) is 199 Å². The molecule has 10 rings (SSSR count). The van der Waals surface area contributed by atoms with Gasteiger partial charge in [-0.25, -0.2) is 0 Å². The van der Waals surface area contributed by atoms with Crippen LogP contribution >= 0.6 is 0 Å². The number of aryl methyl sites for hydroxylation is 1. The maximum Gasteiger partial charge on any atom is 0.252 e. The standard InChI is InChI=1S/C50H34BN3/c1-34-27-48-50-49(28-34)54(45-26-25-35(33-52)29-42(45)38-19-9-4-10-20-38)47-24-14-12-22-44(47)51(50)43-21-11-13-23-46(43)53(48)41-31-39(36-15-5-2-6-16-36)30-40(32-41)37-17-7-3-8-18-37/h2-32H,1H3. The topological polar surface area (TPSA) is 30.3 Å². The molecule has 252 valence electrons. The number of anilines is 6. The van der Waals surface area contributed by atoms with Crippen LogP contribution in [0.3, 0.4) is 0 Å². The van der Waals surface area contributed by atoms with E-state index in [1.807, 2.05) is 18.2 Å². The van der Waals surface area contributed by atoms with Gasteiger partial charge in [0, 0.05) is 34.0 Å². The van der Waals surface area contributed by atoms with Gasteiger partial charge in [0.1, 0.15) is 0 Å². The molecule has 0 radical (unpaired) electrons. The van der Waals surface area contributed by atoms with Gasteiger partial charge in [-0.15, -0.1) is 0 Å². The van der Waals surface area contributed by atoms with Crippen molar-refractivity contribution in [1.29, 1.82) is 5.26 Å². The lowest BCUT2D eigenvalue weighted by Crippen LogP contribution is -2.61. The Labute approximate surface area is 316 Å². The molecule has 8 aromatic rings. The highest BCUT2D eigenvalue weighted by Gasteiger charge is 2.43. The van der Waals surface area contributed by atoms with Crippen LogP contribution in [0.5, 0.6) is 0 Å². The second kappa shape index (κ2) is 12.8. The Hall–Kier alpha value is -7.09. The van der Waals surface area contributed by atoms with Crippen molar-refractivity contribution in [3.63, 3.8) is 0 Å². The van der Waals surface area contributed by atoms with Crippen molar-refractivity contribution in [2.45, 2.75) is 6.92 Å². The van der Waals surface area contributed by atoms with Gasteiger partial charge in [0.15, 0.2) is 0 Å². The van der Waals surface area contributed by atoms with E-state index in [9.17, 15) is 5.26 Å². The van der Waals surface area contributed by atoms with Gasteiger partial charge in [-0.3, -0.25) is 0 Å². The van der Waals surface area contributed by atoms with E-state index in [0.717, 1.165) is 33.9 Å². The molecule has 0 amide bonds. The number of nitrogens with zero attached hydrogens (tertiary/aromatic N) is 3. The van der Waals surface area contributed by atoms with E-state index >= 15 is 0 Å². The third kappa shape index (κ3) is 5.13. The molecule has 0 aliphatic carbocycles. The Kier molecular flexibility index (Phi) is 7.53. The molecule has 0 saturated carbocycles. The minimum Gasteiger partial charge on any atom is -0.311 e. The van der Waals surface area contributed by atoms with Gasteiger partial charge in [0.2, 0.25) is 0 Å². The predicted molar refractivity (Wildman–Crippen MR) is 226 cm³/mol. The quantitative estimate of drug-likeness (QED) is 0.169. The number of fused-ring (bicyclic) bond motifs is 4. The molecular formula is C50H34BN3. The molecule has 0 saturated heterocycles. The first-order valence-corrected chi connectivity index (χ1v) is 18.4. The van der Waals surface area contributed by atoms with E-state index in [0.29, 0.717) is 5.56 Å². The van der Waals surface area contributed by atoms with E-state index in [2.05, 4.69) is 193 Å². The van der Waals surface area contributed by atoms with Crippen LogP contribution in [0.2, 0.25) is 0 Å². The van der Waals surface area contributed by atoms with Crippen LogP contribution in [0.15, 0.2) is 188 Å². The lowest BCUT2D eigenvalue weighted by atomic mass is 9.33. The fraction of sp³-hybridized carbons (Fsp3) is 0.0200. The number of hydrogen-bond donors (Lipinski definition) is 0. The maximum absolute atomic E-state index is 10.0. The fourth-order valence-corrected chi connectivity index (χ4v) is 8.56. The third-order valence-corrected chi connectivity index (χ3v) is 10.9. The highest BCUT2D eigenvalue weighted by Crippen LogP contribution is 2.47. The first-order chi connectivity index (χ1) is 26.7. The summed E-state index contributed by atoms with van der Waals surface area (Å²) in [7, 11) is 0. The van der Waals surface area contributed by atoms with Crippen LogP contribution in [0, 0.1) is 18.3 Å². The van der Waals surface area contributed by atoms with Gasteiger partial charge < -0.3 is 9.80 Å². The maximum atomic E-state index is 10.0. The molecule has 8 aromatic carbocycles. The first kappa shape index (κ1) is 31.6. The zero-order valence-corrected chi connectivity index (χ0v) is 29.8. The number of para-hydroxylation sites is 2. The zero-order valence-electron chi connectivity index (χ0n) is 29.8. The molecule has 0 bridgehead atoms. The second-order valence-electron chi connectivity index (χ2n) is 14.1. The predicted octanol–water partition coefficient (Wildman–Crippen LogP) is 11.0. The molecule has 0 aromatic heterocycles. The molecule has 2 heterocycles. The summed E-state index contributed by atoms with van der Waals surface area (Å²) in [5.74, 6) is 0. The van der Waals surface area contributed by atoms with Gasteiger partial charge >= 0.3 is 0 Å². The summed E-state index contributed by atoms with van der Waals surface area (Å²) in [6, 6.07) is 69.8. The Morgan fingerprint density at radius 3 is 1.50 bits per heavy atom. The van der Waals surface area contributed by atoms with Gasteiger partial charge in [-0.1, -0.05) is 127 Å². The summed E-state index contributed by atoms with van der Waals surface area (Å²) in [6.07, 6.45) is 0. The Bertz CT molecular complexity index is 2700. The van der Waals surface area contributed by atoms with Crippen molar-refractivity contribution in [1.82, 2.24) is 0 Å². The molecule has 2 aliphatic rings. The molecule has 0 atom stereocenters. The van der Waals surface area contributed by atoms with E-state index in [1.165, 1.54) is 55.6 Å². The van der Waals surface area contributed by atoms with E-state index in [1.54, 1.807) is 0 Å². The lowest BCUT2D eigenvalue weighted by molar-refractivity contribution is 1.24. The molecule has 0 N–H and O–H groups in total. The molecule has 0 unspecified atom stereocenters. The van der Waals surface area contributed by atoms with Crippen molar-refractivity contribution in [2.75, 3.05) is 9.80 Å². The van der Waals surface area contributed by atoms with Crippen molar-refractivity contribution in [2.24, 2.45) is 0 Å². The molecule has 0 spiro atoms. The van der Waals surface area contributed by atoms with Crippen molar-refractivity contribution >= 4 is 57.2 Å². The molecule has 0 fully saturated rings. The van der Waals surface area contributed by atoms with Gasteiger partial charge in [0.25, 0.3) is 6.71 Å². The molecule has 54 heavy (non-hydrogen) atoms. The summed E-state index contributed by atoms with van der Waals surface area (Å²) in [6.45, 7) is 2.23. The third-order valence-electron chi connectivity index (χ3n) is 10.9. The molecule has 3 nitrogen and oxygen atoms in total. The fourth-order valence-electron chi connectivity index (χ4n) is 8.56. The number of nitriles is 1. The zero-order chi connectivity index (χ0) is 36.2. The SMILES string of the molecule is Cc1cc2c3c(c1)N(c1ccc(C#N)cc1-c1ccccc1)c1ccccc1B3c1ccccc1N2c1cc(-c2ccccc2)cc(-c2ccccc2)c1. The highest BCUT2D eigenvalue weighted by atomic mass is 15.2. The minimum atomic E-state index is 0.0277.